The van der Waals surface area contributed by atoms with Crippen LogP contribution in [0.15, 0.2) is 24.4 Å². The lowest BCUT2D eigenvalue weighted by Crippen LogP contribution is -2.50. The number of hydrogen-bond donors (Lipinski definition) is 1. The molecule has 2 rings (SSSR count). The predicted octanol–water partition coefficient (Wildman–Crippen LogP) is 1.97. The van der Waals surface area contributed by atoms with Gasteiger partial charge < -0.3 is 15.0 Å². The number of pyridine rings is 1. The van der Waals surface area contributed by atoms with E-state index < -0.39 is 0 Å². The van der Waals surface area contributed by atoms with Gasteiger partial charge in [0.1, 0.15) is 0 Å². The van der Waals surface area contributed by atoms with Crippen LogP contribution >= 0.6 is 0 Å². The number of nitrogens with zero attached hydrogens (tertiary/aromatic N) is 3. The summed E-state index contributed by atoms with van der Waals surface area (Å²) >= 11 is 0. The zero-order valence-corrected chi connectivity index (χ0v) is 15.1. The average molecular weight is 334 g/mol. The van der Waals surface area contributed by atoms with Crippen molar-refractivity contribution in [2.75, 3.05) is 39.9 Å². The molecule has 1 aromatic heterocycles. The molecule has 0 radical (unpaired) electrons. The molecule has 0 bridgehead atoms. The highest BCUT2D eigenvalue weighted by atomic mass is 16.5. The molecule has 1 saturated heterocycles. The van der Waals surface area contributed by atoms with E-state index >= 15 is 0 Å². The van der Waals surface area contributed by atoms with Gasteiger partial charge in [-0.1, -0.05) is 19.9 Å². The highest BCUT2D eigenvalue weighted by Gasteiger charge is 2.23. The Balaban J connectivity index is 1.84. The van der Waals surface area contributed by atoms with Crippen LogP contribution < -0.4 is 5.32 Å². The lowest BCUT2D eigenvalue weighted by atomic mass is 10.0. The maximum Gasteiger partial charge on any atom is 0.317 e. The Hall–Kier alpha value is -1.66. The number of amides is 2. The van der Waals surface area contributed by atoms with Gasteiger partial charge in [0.05, 0.1) is 25.5 Å². The molecule has 6 nitrogen and oxygen atoms in total. The molecular formula is C18H30N4O2. The summed E-state index contributed by atoms with van der Waals surface area (Å²) in [4.78, 5) is 20.7. The van der Waals surface area contributed by atoms with Gasteiger partial charge in [0.15, 0.2) is 0 Å². The molecule has 2 heterocycles. The molecule has 24 heavy (non-hydrogen) atoms. The number of ether oxygens (including phenoxy) is 1. The summed E-state index contributed by atoms with van der Waals surface area (Å²) in [5.74, 6) is 0.598. The van der Waals surface area contributed by atoms with Crippen LogP contribution in [0.3, 0.4) is 0 Å². The van der Waals surface area contributed by atoms with E-state index in [1.54, 1.807) is 18.1 Å². The maximum absolute atomic E-state index is 12.4. The van der Waals surface area contributed by atoms with E-state index in [1.807, 2.05) is 18.2 Å². The summed E-state index contributed by atoms with van der Waals surface area (Å²) in [5.41, 5.74) is 0.891. The number of nitrogens with one attached hydrogen (secondary N) is 1. The van der Waals surface area contributed by atoms with E-state index in [2.05, 4.69) is 29.0 Å². The number of aromatic nitrogens is 1. The quantitative estimate of drug-likeness (QED) is 0.828. The molecule has 0 spiro atoms. The van der Waals surface area contributed by atoms with Crippen LogP contribution in [0, 0.1) is 5.92 Å². The fourth-order valence-electron chi connectivity index (χ4n) is 2.99. The Morgan fingerprint density at radius 2 is 2.12 bits per heavy atom. The van der Waals surface area contributed by atoms with Gasteiger partial charge in [-0.2, -0.15) is 0 Å². The SMILES string of the molecule is CC(C)CC(CNC(=O)N(C)Cc1ccccn1)N1CCOCC1. The van der Waals surface area contributed by atoms with Gasteiger partial charge in [0, 0.05) is 38.9 Å². The van der Waals surface area contributed by atoms with Crippen molar-refractivity contribution in [3.8, 4) is 0 Å². The second kappa shape index (κ2) is 9.59. The van der Waals surface area contributed by atoms with E-state index in [-0.39, 0.29) is 6.03 Å². The van der Waals surface area contributed by atoms with Gasteiger partial charge in [-0.25, -0.2) is 4.79 Å². The number of urea groups is 1. The first kappa shape index (κ1) is 18.7. The largest absolute Gasteiger partial charge is 0.379 e. The molecule has 1 atom stereocenters. The number of hydrogen-bond acceptors (Lipinski definition) is 4. The van der Waals surface area contributed by atoms with Crippen molar-refractivity contribution in [2.24, 2.45) is 5.92 Å². The van der Waals surface area contributed by atoms with E-state index in [0.717, 1.165) is 38.4 Å². The lowest BCUT2D eigenvalue weighted by Gasteiger charge is -2.35. The van der Waals surface area contributed by atoms with Crippen molar-refractivity contribution in [3.05, 3.63) is 30.1 Å². The average Bonchev–Trinajstić information content (AvgIpc) is 2.59. The first-order valence-electron chi connectivity index (χ1n) is 8.77. The standard InChI is InChI=1S/C18H30N4O2/c1-15(2)12-17(22-8-10-24-11-9-22)13-20-18(23)21(3)14-16-6-4-5-7-19-16/h4-7,15,17H,8-14H2,1-3H3,(H,20,23). The molecule has 134 valence electrons. The van der Waals surface area contributed by atoms with E-state index in [4.69, 9.17) is 4.74 Å². The first-order valence-corrected chi connectivity index (χ1v) is 8.77. The third-order valence-corrected chi connectivity index (χ3v) is 4.27. The van der Waals surface area contributed by atoms with Crippen molar-refractivity contribution >= 4 is 6.03 Å². The molecule has 1 N–H and O–H groups in total. The Morgan fingerprint density at radius 1 is 1.38 bits per heavy atom. The van der Waals surface area contributed by atoms with E-state index in [0.29, 0.717) is 25.0 Å². The predicted molar refractivity (Wildman–Crippen MR) is 94.7 cm³/mol. The minimum atomic E-state index is -0.0531. The first-order chi connectivity index (χ1) is 11.6. The Morgan fingerprint density at radius 3 is 2.75 bits per heavy atom. The van der Waals surface area contributed by atoms with Gasteiger partial charge in [0.2, 0.25) is 0 Å². The summed E-state index contributed by atoms with van der Waals surface area (Å²) in [7, 11) is 1.80. The van der Waals surface area contributed by atoms with Crippen molar-refractivity contribution in [3.63, 3.8) is 0 Å². The summed E-state index contributed by atoms with van der Waals surface area (Å²) < 4.78 is 5.44. The minimum absolute atomic E-state index is 0.0531. The zero-order chi connectivity index (χ0) is 17.4. The van der Waals surface area contributed by atoms with Crippen LogP contribution in [-0.4, -0.2) is 66.8 Å². The van der Waals surface area contributed by atoms with Gasteiger partial charge in [-0.15, -0.1) is 0 Å². The Bertz CT molecular complexity index is 489. The molecule has 1 fully saturated rings. The molecule has 6 heteroatoms. The summed E-state index contributed by atoms with van der Waals surface area (Å²) in [6.45, 7) is 9.08. The van der Waals surface area contributed by atoms with Crippen LogP contribution in [0.25, 0.3) is 0 Å². The molecular weight excluding hydrogens is 304 g/mol. The number of carbonyl (C=O) groups is 1. The van der Waals surface area contributed by atoms with Crippen LogP contribution in [0.1, 0.15) is 26.0 Å². The molecule has 1 aromatic rings. The molecule has 1 aliphatic rings. The van der Waals surface area contributed by atoms with Crippen molar-refractivity contribution in [2.45, 2.75) is 32.9 Å². The molecule has 0 aromatic carbocycles. The maximum atomic E-state index is 12.4. The Labute approximate surface area is 145 Å². The summed E-state index contributed by atoms with van der Waals surface area (Å²) in [5, 5.41) is 3.08. The molecule has 0 saturated carbocycles. The topological polar surface area (TPSA) is 57.7 Å². The Kier molecular flexibility index (Phi) is 7.46. The molecule has 1 unspecified atom stereocenters. The highest BCUT2D eigenvalue weighted by Crippen LogP contribution is 2.13. The van der Waals surface area contributed by atoms with Gasteiger partial charge in [-0.05, 0) is 24.5 Å². The molecule has 0 aliphatic carbocycles. The third-order valence-electron chi connectivity index (χ3n) is 4.27. The van der Waals surface area contributed by atoms with Crippen molar-refractivity contribution in [1.29, 1.82) is 0 Å². The van der Waals surface area contributed by atoms with Crippen molar-refractivity contribution < 1.29 is 9.53 Å². The minimum Gasteiger partial charge on any atom is -0.379 e. The molecule has 2 amide bonds. The number of rotatable bonds is 7. The van der Waals surface area contributed by atoms with Gasteiger partial charge in [-0.3, -0.25) is 9.88 Å². The third kappa shape index (κ3) is 6.09. The normalized spacial score (nSPS) is 16.8. The molecule has 1 aliphatic heterocycles. The monoisotopic (exact) mass is 334 g/mol. The number of morpholine rings is 1. The zero-order valence-electron chi connectivity index (χ0n) is 15.1. The van der Waals surface area contributed by atoms with E-state index in [1.165, 1.54) is 0 Å². The van der Waals surface area contributed by atoms with Gasteiger partial charge >= 0.3 is 6.03 Å². The van der Waals surface area contributed by atoms with Crippen LogP contribution in [-0.2, 0) is 11.3 Å². The fourth-order valence-corrected chi connectivity index (χ4v) is 2.99. The van der Waals surface area contributed by atoms with Crippen LogP contribution in [0.2, 0.25) is 0 Å². The van der Waals surface area contributed by atoms with Crippen LogP contribution in [0.5, 0.6) is 0 Å². The second-order valence-electron chi connectivity index (χ2n) is 6.79. The van der Waals surface area contributed by atoms with Crippen LogP contribution in [0.4, 0.5) is 4.79 Å². The smallest absolute Gasteiger partial charge is 0.317 e. The lowest BCUT2D eigenvalue weighted by molar-refractivity contribution is 0.0127. The summed E-state index contributed by atoms with van der Waals surface area (Å²) in [6, 6.07) is 6.05. The summed E-state index contributed by atoms with van der Waals surface area (Å²) in [6.07, 6.45) is 2.82. The second-order valence-corrected chi connectivity index (χ2v) is 6.79. The highest BCUT2D eigenvalue weighted by molar-refractivity contribution is 5.73. The fraction of sp³-hybridized carbons (Fsp3) is 0.667. The van der Waals surface area contributed by atoms with E-state index in [9.17, 15) is 4.79 Å². The van der Waals surface area contributed by atoms with Crippen molar-refractivity contribution in [1.82, 2.24) is 20.1 Å². The number of carbonyl (C=O) groups excluding carboxylic acids is 1. The van der Waals surface area contributed by atoms with Gasteiger partial charge in [0.25, 0.3) is 0 Å².